The Morgan fingerprint density at radius 3 is 2.52 bits per heavy atom. The maximum atomic E-state index is 12.7. The molecule has 0 fully saturated rings. The predicted molar refractivity (Wildman–Crippen MR) is 92.3 cm³/mol. The average Bonchev–Trinajstić information content (AvgIpc) is 2.98. The second-order valence-corrected chi connectivity index (χ2v) is 6.51. The molecule has 3 aromatic rings. The lowest BCUT2D eigenvalue weighted by atomic mass is 10.1. The predicted octanol–water partition coefficient (Wildman–Crippen LogP) is 3.55. The molecule has 1 aromatic carbocycles. The minimum absolute atomic E-state index is 0.0587. The van der Waals surface area contributed by atoms with Gasteiger partial charge in [-0.3, -0.25) is 4.90 Å². The lowest BCUT2D eigenvalue weighted by molar-refractivity contribution is -0.137. The number of rotatable bonds is 3. The summed E-state index contributed by atoms with van der Waals surface area (Å²) in [5.41, 5.74) is 1.79. The molecular weight excluding hydrogens is 357 g/mol. The third kappa shape index (κ3) is 3.52. The van der Waals surface area contributed by atoms with Gasteiger partial charge in [0.1, 0.15) is 0 Å². The lowest BCUT2D eigenvalue weighted by Crippen LogP contribution is -2.29. The molecule has 0 radical (unpaired) electrons. The monoisotopic (exact) mass is 374 g/mol. The van der Waals surface area contributed by atoms with Crippen LogP contribution >= 0.6 is 0 Å². The first-order valence-corrected chi connectivity index (χ1v) is 8.51. The van der Waals surface area contributed by atoms with E-state index in [0.717, 1.165) is 36.6 Å². The number of hydrogen-bond donors (Lipinski definition) is 1. The molecule has 3 heterocycles. The quantitative estimate of drug-likeness (QED) is 0.762. The van der Waals surface area contributed by atoms with E-state index in [2.05, 4.69) is 27.1 Å². The summed E-state index contributed by atoms with van der Waals surface area (Å²) in [5, 5.41) is 14.8. The Balaban J connectivity index is 1.56. The Bertz CT molecular complexity index is 936. The molecule has 1 aliphatic heterocycles. The fourth-order valence-corrected chi connectivity index (χ4v) is 3.24. The number of alkyl halides is 3. The summed E-state index contributed by atoms with van der Waals surface area (Å²) in [6.45, 7) is 2.10. The molecule has 1 aliphatic rings. The van der Waals surface area contributed by atoms with Crippen molar-refractivity contribution in [2.24, 2.45) is 0 Å². The van der Waals surface area contributed by atoms with Gasteiger partial charge in [-0.2, -0.15) is 23.0 Å². The van der Waals surface area contributed by atoms with Gasteiger partial charge in [-0.05, 0) is 24.1 Å². The second kappa shape index (κ2) is 6.70. The van der Waals surface area contributed by atoms with Gasteiger partial charge >= 0.3 is 6.18 Å². The number of benzene rings is 1. The van der Waals surface area contributed by atoms with Crippen LogP contribution in [0, 0.1) is 0 Å². The lowest BCUT2D eigenvalue weighted by Gasteiger charge is -2.25. The zero-order valence-electron chi connectivity index (χ0n) is 14.3. The van der Waals surface area contributed by atoms with Gasteiger partial charge in [0.15, 0.2) is 5.82 Å². The largest absolute Gasteiger partial charge is 0.493 e. The van der Waals surface area contributed by atoms with Gasteiger partial charge in [0, 0.05) is 31.4 Å². The molecule has 8 heteroatoms. The van der Waals surface area contributed by atoms with Crippen LogP contribution in [0.2, 0.25) is 0 Å². The van der Waals surface area contributed by atoms with Crippen molar-refractivity contribution in [2.75, 3.05) is 6.54 Å². The SMILES string of the molecule is Oc1c2c(nn1-c1ccc(C(F)(F)F)cn1)CN(Cc1ccccc1)CC2. The minimum Gasteiger partial charge on any atom is -0.493 e. The van der Waals surface area contributed by atoms with Gasteiger partial charge in [0.2, 0.25) is 5.88 Å². The van der Waals surface area contributed by atoms with E-state index >= 15 is 0 Å². The van der Waals surface area contributed by atoms with E-state index in [-0.39, 0.29) is 11.7 Å². The molecule has 0 atom stereocenters. The molecule has 0 bridgehead atoms. The van der Waals surface area contributed by atoms with Gasteiger partial charge in [0.25, 0.3) is 0 Å². The molecule has 5 nitrogen and oxygen atoms in total. The highest BCUT2D eigenvalue weighted by Crippen LogP contribution is 2.31. The Morgan fingerprint density at radius 2 is 1.85 bits per heavy atom. The highest BCUT2D eigenvalue weighted by Gasteiger charge is 2.31. The molecule has 0 amide bonds. The molecule has 2 aromatic heterocycles. The number of pyridine rings is 1. The van der Waals surface area contributed by atoms with Crippen molar-refractivity contribution >= 4 is 0 Å². The van der Waals surface area contributed by atoms with Crippen molar-refractivity contribution in [2.45, 2.75) is 25.7 Å². The van der Waals surface area contributed by atoms with Crippen LogP contribution in [-0.2, 0) is 25.7 Å². The summed E-state index contributed by atoms with van der Waals surface area (Å²) in [6.07, 6.45) is -3.08. The van der Waals surface area contributed by atoms with Gasteiger partial charge in [-0.1, -0.05) is 30.3 Å². The van der Waals surface area contributed by atoms with Crippen molar-refractivity contribution in [3.8, 4) is 11.7 Å². The van der Waals surface area contributed by atoms with Crippen LogP contribution in [0.5, 0.6) is 5.88 Å². The fourth-order valence-electron chi connectivity index (χ4n) is 3.24. The van der Waals surface area contributed by atoms with Crippen LogP contribution in [-0.4, -0.2) is 31.3 Å². The van der Waals surface area contributed by atoms with E-state index in [4.69, 9.17) is 0 Å². The molecule has 0 unspecified atom stereocenters. The first kappa shape index (κ1) is 17.5. The first-order chi connectivity index (χ1) is 12.9. The van der Waals surface area contributed by atoms with Crippen molar-refractivity contribution in [1.29, 1.82) is 0 Å². The number of aromatic nitrogens is 3. The zero-order chi connectivity index (χ0) is 19.0. The summed E-state index contributed by atoms with van der Waals surface area (Å²) in [4.78, 5) is 6.03. The standard InChI is InChI=1S/C19H17F3N4O/c20-19(21,22)14-6-7-17(23-10-14)26-18(27)15-8-9-25(12-16(15)24-26)11-13-4-2-1-3-5-13/h1-7,10,27H,8-9,11-12H2. The molecule has 27 heavy (non-hydrogen) atoms. The minimum atomic E-state index is -4.45. The normalized spacial score (nSPS) is 14.9. The zero-order valence-corrected chi connectivity index (χ0v) is 14.3. The summed E-state index contributed by atoms with van der Waals surface area (Å²) in [7, 11) is 0. The van der Waals surface area contributed by atoms with Crippen LogP contribution in [0.15, 0.2) is 48.7 Å². The van der Waals surface area contributed by atoms with Crippen LogP contribution < -0.4 is 0 Å². The van der Waals surface area contributed by atoms with Gasteiger partial charge in [-0.25, -0.2) is 4.98 Å². The van der Waals surface area contributed by atoms with Gasteiger partial charge < -0.3 is 5.11 Å². The molecule has 1 N–H and O–H groups in total. The molecule has 0 spiro atoms. The molecule has 0 saturated heterocycles. The third-order valence-electron chi connectivity index (χ3n) is 4.63. The molecule has 140 valence electrons. The Morgan fingerprint density at radius 1 is 1.07 bits per heavy atom. The maximum absolute atomic E-state index is 12.7. The number of nitrogens with zero attached hydrogens (tertiary/aromatic N) is 4. The molecule has 0 aliphatic carbocycles. The van der Waals surface area contributed by atoms with Crippen LogP contribution in [0.3, 0.4) is 0 Å². The summed E-state index contributed by atoms with van der Waals surface area (Å²) in [6, 6.07) is 12.2. The average molecular weight is 374 g/mol. The Kier molecular flexibility index (Phi) is 4.35. The van der Waals surface area contributed by atoms with E-state index in [0.29, 0.717) is 13.0 Å². The van der Waals surface area contributed by atoms with Gasteiger partial charge in [0.05, 0.1) is 11.3 Å². The van der Waals surface area contributed by atoms with Crippen molar-refractivity contribution in [1.82, 2.24) is 19.7 Å². The van der Waals surface area contributed by atoms with Gasteiger partial charge in [-0.15, -0.1) is 0 Å². The summed E-state index contributed by atoms with van der Waals surface area (Å²) < 4.78 is 39.3. The van der Waals surface area contributed by atoms with E-state index in [1.807, 2.05) is 18.2 Å². The number of fused-ring (bicyclic) bond motifs is 1. The van der Waals surface area contributed by atoms with Crippen molar-refractivity contribution < 1.29 is 18.3 Å². The Labute approximate surface area is 153 Å². The molecule has 4 rings (SSSR count). The van der Waals surface area contributed by atoms with E-state index in [9.17, 15) is 18.3 Å². The summed E-state index contributed by atoms with van der Waals surface area (Å²) >= 11 is 0. The van der Waals surface area contributed by atoms with E-state index in [1.54, 1.807) is 0 Å². The van der Waals surface area contributed by atoms with Crippen LogP contribution in [0.25, 0.3) is 5.82 Å². The third-order valence-corrected chi connectivity index (χ3v) is 4.63. The maximum Gasteiger partial charge on any atom is 0.417 e. The van der Waals surface area contributed by atoms with Crippen LogP contribution in [0.1, 0.15) is 22.4 Å². The molecule has 0 saturated carbocycles. The molecular formula is C19H17F3N4O. The van der Waals surface area contributed by atoms with Crippen molar-refractivity contribution in [3.05, 3.63) is 71.0 Å². The number of aromatic hydroxyl groups is 1. The van der Waals surface area contributed by atoms with Crippen LogP contribution in [0.4, 0.5) is 13.2 Å². The number of halogens is 3. The summed E-state index contributed by atoms with van der Waals surface area (Å²) in [5.74, 6) is 0.0983. The first-order valence-electron chi connectivity index (χ1n) is 8.51. The fraction of sp³-hybridized carbons (Fsp3) is 0.263. The number of hydrogen-bond acceptors (Lipinski definition) is 4. The van der Waals surface area contributed by atoms with E-state index < -0.39 is 11.7 Å². The van der Waals surface area contributed by atoms with E-state index in [1.165, 1.54) is 16.3 Å². The van der Waals surface area contributed by atoms with Crippen molar-refractivity contribution in [3.63, 3.8) is 0 Å². The Hall–Kier alpha value is -2.87. The second-order valence-electron chi connectivity index (χ2n) is 6.51. The topological polar surface area (TPSA) is 54.2 Å². The highest BCUT2D eigenvalue weighted by molar-refractivity contribution is 5.39. The highest BCUT2D eigenvalue weighted by atomic mass is 19.4. The smallest absolute Gasteiger partial charge is 0.417 e.